The summed E-state index contributed by atoms with van der Waals surface area (Å²) in [5, 5.41) is 0. The summed E-state index contributed by atoms with van der Waals surface area (Å²) in [7, 11) is 0. The quantitative estimate of drug-likeness (QED) is 0.323. The standard InChI is InChI=1S/2Mn.3H2O3S/c;;3*1-4(2)3/h;;3*(H2,1,2,3)/q2*+3;;;/p-6. The first-order chi connectivity index (χ1) is 5.20. The Bertz CT molecular complexity index is 116. The molecule has 0 radical (unpaired) electrons. The van der Waals surface area contributed by atoms with Gasteiger partial charge in [-0.05, 0) is 0 Å². The van der Waals surface area contributed by atoms with Crippen LogP contribution in [0.2, 0.25) is 0 Å². The van der Waals surface area contributed by atoms with Gasteiger partial charge in [0.05, 0.1) is 0 Å². The average molecular weight is 350 g/mol. The summed E-state index contributed by atoms with van der Waals surface area (Å²) in [4.78, 5) is 0. The smallest absolute Gasteiger partial charge is 0.784 e. The molecule has 0 aromatic carbocycles. The maximum atomic E-state index is 8.44. The Labute approximate surface area is 108 Å². The zero-order valence-electron chi connectivity index (χ0n) is 5.65. The minimum absolute atomic E-state index is 0. The van der Waals surface area contributed by atoms with Crippen molar-refractivity contribution in [2.75, 3.05) is 0 Å². The zero-order valence-corrected chi connectivity index (χ0v) is 10.5. The summed E-state index contributed by atoms with van der Waals surface area (Å²) < 4.78 is 76.0. The molecule has 0 unspecified atom stereocenters. The van der Waals surface area contributed by atoms with E-state index in [1.54, 1.807) is 0 Å². The van der Waals surface area contributed by atoms with Gasteiger partial charge >= 0.3 is 34.1 Å². The van der Waals surface area contributed by atoms with Crippen molar-refractivity contribution in [3.8, 4) is 0 Å². The molecule has 0 atom stereocenters. The third kappa shape index (κ3) is 1270. The molecule has 0 heterocycles. The average Bonchev–Trinajstić information content (AvgIpc) is 1.54. The summed E-state index contributed by atoms with van der Waals surface area (Å²) in [6, 6.07) is 0. The van der Waals surface area contributed by atoms with E-state index < -0.39 is 34.1 Å². The fourth-order valence-electron chi connectivity index (χ4n) is 0. The maximum absolute atomic E-state index is 8.44. The molecule has 14 heteroatoms. The van der Waals surface area contributed by atoms with Crippen molar-refractivity contribution >= 4 is 34.1 Å². The van der Waals surface area contributed by atoms with E-state index in [1.807, 2.05) is 0 Å². The summed E-state index contributed by atoms with van der Waals surface area (Å²) in [5.41, 5.74) is 0. The molecule has 0 saturated heterocycles. The van der Waals surface area contributed by atoms with Gasteiger partial charge in [0.1, 0.15) is 0 Å². The van der Waals surface area contributed by atoms with Crippen LogP contribution in [0.3, 0.4) is 0 Å². The van der Waals surface area contributed by atoms with Gasteiger partial charge in [-0.25, -0.2) is 0 Å². The van der Waals surface area contributed by atoms with Gasteiger partial charge in [-0.15, -0.1) is 34.1 Å². The first-order valence-electron chi connectivity index (χ1n) is 1.50. The second-order valence-corrected chi connectivity index (χ2v) is 1.84. The van der Waals surface area contributed by atoms with E-state index >= 15 is 0 Å². The second-order valence-electron chi connectivity index (χ2n) is 0.612. The van der Waals surface area contributed by atoms with Crippen LogP contribution in [0.25, 0.3) is 0 Å². The fourth-order valence-corrected chi connectivity index (χ4v) is 0. The van der Waals surface area contributed by atoms with Crippen molar-refractivity contribution in [3.63, 3.8) is 0 Å². The predicted molar refractivity (Wildman–Crippen MR) is 29.1 cm³/mol. The zero-order chi connectivity index (χ0) is 10.7. The van der Waals surface area contributed by atoms with Crippen molar-refractivity contribution in [2.24, 2.45) is 0 Å². The van der Waals surface area contributed by atoms with Crippen LogP contribution in [-0.4, -0.2) is 39.9 Å². The van der Waals surface area contributed by atoms with Gasteiger partial charge in [0.25, 0.3) is 0 Å². The van der Waals surface area contributed by atoms with Gasteiger partial charge in [0, 0.05) is 0 Å². The molecule has 0 aromatic rings. The molecule has 0 fully saturated rings. The predicted octanol–water partition coefficient (Wildman–Crippen LogP) is -3.02. The monoisotopic (exact) mass is 350 g/mol. The Morgan fingerprint density at radius 1 is 0.500 bits per heavy atom. The van der Waals surface area contributed by atoms with Crippen LogP contribution in [0.15, 0.2) is 0 Å². The molecule has 14 heavy (non-hydrogen) atoms. The molecule has 9 nitrogen and oxygen atoms in total. The molecular weight excluding hydrogens is 350 g/mol. The van der Waals surface area contributed by atoms with E-state index in [0.717, 1.165) is 0 Å². The first kappa shape index (κ1) is 29.5. The number of hydrogen-bond donors (Lipinski definition) is 0. The van der Waals surface area contributed by atoms with Crippen LogP contribution < -0.4 is 0 Å². The summed E-state index contributed by atoms with van der Waals surface area (Å²) >= 11 is -9.33. The molecule has 0 aliphatic heterocycles. The van der Waals surface area contributed by atoms with E-state index in [2.05, 4.69) is 0 Å². The molecule has 86 valence electrons. The van der Waals surface area contributed by atoms with Gasteiger partial charge in [-0.2, -0.15) is 0 Å². The molecule has 0 aliphatic carbocycles. The van der Waals surface area contributed by atoms with Crippen LogP contribution in [0.1, 0.15) is 0 Å². The SMILES string of the molecule is O=S([O-])[O-].O=S([O-])[O-].O=S([O-])[O-].[Mn+3].[Mn+3]. The molecule has 0 spiro atoms. The Hall–Kier alpha value is 1.25. The Morgan fingerprint density at radius 2 is 0.500 bits per heavy atom. The molecule has 0 N–H and O–H groups in total. The summed E-state index contributed by atoms with van der Waals surface area (Å²) in [5.74, 6) is 0. The minimum Gasteiger partial charge on any atom is -0.784 e. The number of hydrogen-bond acceptors (Lipinski definition) is 9. The second kappa shape index (κ2) is 23.8. The topological polar surface area (TPSA) is 190 Å². The third-order valence-electron chi connectivity index (χ3n) is 0. The van der Waals surface area contributed by atoms with Crippen molar-refractivity contribution < 1.29 is 74.1 Å². The summed E-state index contributed by atoms with van der Waals surface area (Å²) in [6.07, 6.45) is 0. The Kier molecular flexibility index (Phi) is 50.1. The van der Waals surface area contributed by atoms with Crippen molar-refractivity contribution in [3.05, 3.63) is 0 Å². The van der Waals surface area contributed by atoms with Gasteiger partial charge in [-0.1, -0.05) is 0 Å². The molecule has 0 bridgehead atoms. The Balaban J connectivity index is -0.0000000270. The van der Waals surface area contributed by atoms with Gasteiger partial charge < -0.3 is 27.3 Å². The van der Waals surface area contributed by atoms with Crippen LogP contribution in [0, 0.1) is 0 Å². The minimum atomic E-state index is -3.11. The van der Waals surface area contributed by atoms with Gasteiger partial charge in [-0.3, -0.25) is 12.6 Å². The molecule has 0 aliphatic rings. The largest absolute Gasteiger partial charge is 3.00 e. The fraction of sp³-hybridized carbons (Fsp3) is 0. The normalized spacial score (nSPS) is 7.50. The van der Waals surface area contributed by atoms with Crippen molar-refractivity contribution in [1.29, 1.82) is 0 Å². The Morgan fingerprint density at radius 3 is 0.500 bits per heavy atom. The van der Waals surface area contributed by atoms with Crippen LogP contribution >= 0.6 is 0 Å². The van der Waals surface area contributed by atoms with E-state index in [4.69, 9.17) is 39.9 Å². The summed E-state index contributed by atoms with van der Waals surface area (Å²) in [6.45, 7) is 0. The van der Waals surface area contributed by atoms with Gasteiger partial charge in [0.2, 0.25) is 0 Å². The van der Waals surface area contributed by atoms with E-state index in [9.17, 15) is 0 Å². The van der Waals surface area contributed by atoms with Crippen molar-refractivity contribution in [1.82, 2.24) is 0 Å². The van der Waals surface area contributed by atoms with E-state index in [-0.39, 0.29) is 34.1 Å². The van der Waals surface area contributed by atoms with Crippen LogP contribution in [0.5, 0.6) is 0 Å². The molecule has 0 amide bonds. The maximum Gasteiger partial charge on any atom is 3.00 e. The van der Waals surface area contributed by atoms with Crippen LogP contribution in [-0.2, 0) is 68.2 Å². The molecule has 0 aromatic heterocycles. The van der Waals surface area contributed by atoms with E-state index in [1.165, 1.54) is 0 Å². The third-order valence-corrected chi connectivity index (χ3v) is 0. The molecule has 0 rings (SSSR count). The van der Waals surface area contributed by atoms with E-state index in [0.29, 0.717) is 0 Å². The first-order valence-corrected chi connectivity index (χ1v) is 4.50. The van der Waals surface area contributed by atoms with Crippen molar-refractivity contribution in [2.45, 2.75) is 0 Å². The molecule has 0 saturated carbocycles. The molecular formula is Mn2O9S3. The number of rotatable bonds is 0. The van der Waals surface area contributed by atoms with Gasteiger partial charge in [0.15, 0.2) is 0 Å². The van der Waals surface area contributed by atoms with Crippen LogP contribution in [0.4, 0.5) is 0 Å².